The first-order valence-corrected chi connectivity index (χ1v) is 11.3. The maximum Gasteiger partial charge on any atom is 0.338 e. The fourth-order valence-corrected chi connectivity index (χ4v) is 3.52. The van der Waals surface area contributed by atoms with E-state index >= 15 is 0 Å². The summed E-state index contributed by atoms with van der Waals surface area (Å²) in [5.41, 5.74) is 4.74. The number of amides is 1. The fourth-order valence-electron chi connectivity index (χ4n) is 3.39. The molecule has 1 aromatic heterocycles. The van der Waals surface area contributed by atoms with Crippen molar-refractivity contribution in [2.24, 2.45) is 12.0 Å². The van der Waals surface area contributed by atoms with Crippen LogP contribution in [0.25, 0.3) is 0 Å². The lowest BCUT2D eigenvalue weighted by molar-refractivity contribution is 0.0526. The van der Waals surface area contributed by atoms with Gasteiger partial charge in [-0.1, -0.05) is 11.6 Å². The van der Waals surface area contributed by atoms with Gasteiger partial charge in [0.25, 0.3) is 5.91 Å². The van der Waals surface area contributed by atoms with E-state index in [9.17, 15) is 9.59 Å². The number of esters is 1. The number of rotatable bonds is 7. The molecule has 0 aliphatic rings. The highest BCUT2D eigenvalue weighted by Gasteiger charge is 2.12. The van der Waals surface area contributed by atoms with Crippen molar-refractivity contribution in [3.63, 3.8) is 0 Å². The first-order chi connectivity index (χ1) is 16.3. The molecular weight excluding hydrogens is 454 g/mol. The number of carbonyl (C=O) groups excluding carboxylic acids is 2. The van der Waals surface area contributed by atoms with Crippen molar-refractivity contribution < 1.29 is 14.3 Å². The van der Waals surface area contributed by atoms with Crippen molar-refractivity contribution in [3.05, 3.63) is 81.6 Å². The topological polar surface area (TPSA) is 97.6 Å². The fraction of sp³-hybridized carbons (Fsp3) is 0.280. The Kier molecular flexibility index (Phi) is 8.43. The zero-order chi connectivity index (χ0) is 24.7. The Labute approximate surface area is 204 Å². The molecule has 1 amide bonds. The molecule has 0 saturated carbocycles. The van der Waals surface area contributed by atoms with Crippen LogP contribution < -0.4 is 10.6 Å². The van der Waals surface area contributed by atoms with Crippen molar-refractivity contribution in [1.82, 2.24) is 15.1 Å². The molecule has 9 heteroatoms. The number of aryl methyl sites for hydroxylation is 2. The summed E-state index contributed by atoms with van der Waals surface area (Å²) in [5, 5.41) is 10.9. The van der Waals surface area contributed by atoms with Crippen LogP contribution in [0.4, 0.5) is 5.69 Å². The van der Waals surface area contributed by atoms with Crippen LogP contribution in [0, 0.1) is 13.8 Å². The minimum absolute atomic E-state index is 0.294. The second-order valence-corrected chi connectivity index (χ2v) is 8.07. The molecule has 2 N–H and O–H groups in total. The van der Waals surface area contributed by atoms with Crippen molar-refractivity contribution in [3.8, 4) is 0 Å². The molecule has 0 fully saturated rings. The number of benzene rings is 2. The smallest absolute Gasteiger partial charge is 0.338 e. The maximum absolute atomic E-state index is 12.8. The summed E-state index contributed by atoms with van der Waals surface area (Å²) in [6, 6.07) is 13.4. The summed E-state index contributed by atoms with van der Waals surface area (Å²) in [6.07, 6.45) is 0.676. The third-order valence-electron chi connectivity index (χ3n) is 5.29. The quantitative estimate of drug-likeness (QED) is 0.298. The predicted octanol–water partition coefficient (Wildman–Crippen LogP) is 4.31. The van der Waals surface area contributed by atoms with Crippen LogP contribution in [0.5, 0.6) is 0 Å². The van der Waals surface area contributed by atoms with Crippen LogP contribution in [0.15, 0.2) is 53.5 Å². The van der Waals surface area contributed by atoms with Gasteiger partial charge >= 0.3 is 5.97 Å². The number of halogens is 1. The van der Waals surface area contributed by atoms with Crippen LogP contribution in [-0.2, 0) is 18.2 Å². The zero-order valence-corrected chi connectivity index (χ0v) is 20.4. The van der Waals surface area contributed by atoms with E-state index in [1.807, 2.05) is 25.6 Å². The number of nitrogens with one attached hydrogen (secondary N) is 2. The van der Waals surface area contributed by atoms with Crippen LogP contribution in [0.2, 0.25) is 5.02 Å². The summed E-state index contributed by atoms with van der Waals surface area (Å²) in [7, 11) is 1.91. The molecule has 3 aromatic rings. The molecule has 178 valence electrons. The van der Waals surface area contributed by atoms with Crippen molar-refractivity contribution in [2.45, 2.75) is 27.2 Å². The number of anilines is 1. The van der Waals surface area contributed by atoms with Gasteiger partial charge in [0.15, 0.2) is 0 Å². The van der Waals surface area contributed by atoms with E-state index in [1.54, 1.807) is 55.5 Å². The van der Waals surface area contributed by atoms with E-state index in [-0.39, 0.29) is 11.9 Å². The van der Waals surface area contributed by atoms with Gasteiger partial charge in [0.05, 0.1) is 17.9 Å². The molecule has 0 spiro atoms. The largest absolute Gasteiger partial charge is 0.462 e. The van der Waals surface area contributed by atoms with Gasteiger partial charge in [-0.2, -0.15) is 5.10 Å². The Hall–Kier alpha value is -3.65. The molecular formula is C25H28ClN5O3. The van der Waals surface area contributed by atoms with Gasteiger partial charge in [-0.05, 0) is 81.3 Å². The molecule has 1 heterocycles. The van der Waals surface area contributed by atoms with Crippen molar-refractivity contribution >= 4 is 35.1 Å². The van der Waals surface area contributed by atoms with Gasteiger partial charge in [0.2, 0.25) is 5.96 Å². The number of nitrogens with zero attached hydrogens (tertiary/aromatic N) is 3. The summed E-state index contributed by atoms with van der Waals surface area (Å²) in [4.78, 5) is 29.3. The van der Waals surface area contributed by atoms with E-state index in [4.69, 9.17) is 16.3 Å². The summed E-state index contributed by atoms with van der Waals surface area (Å²) < 4.78 is 6.87. The van der Waals surface area contributed by atoms with Gasteiger partial charge in [0, 0.05) is 35.6 Å². The Morgan fingerprint density at radius 2 is 1.71 bits per heavy atom. The second kappa shape index (κ2) is 11.5. The first kappa shape index (κ1) is 25.0. The molecule has 0 unspecified atom stereocenters. The zero-order valence-electron chi connectivity index (χ0n) is 19.7. The molecule has 8 nitrogen and oxygen atoms in total. The van der Waals surface area contributed by atoms with E-state index < -0.39 is 0 Å². The Balaban J connectivity index is 1.77. The number of aliphatic imine (C=N–C) groups is 1. The van der Waals surface area contributed by atoms with Crippen molar-refractivity contribution in [2.75, 3.05) is 18.5 Å². The highest BCUT2D eigenvalue weighted by atomic mass is 35.5. The van der Waals surface area contributed by atoms with E-state index in [0.29, 0.717) is 47.4 Å². The number of hydrogen-bond donors (Lipinski definition) is 2. The van der Waals surface area contributed by atoms with Gasteiger partial charge in [0.1, 0.15) is 0 Å². The molecule has 0 saturated heterocycles. The molecule has 0 aliphatic heterocycles. The van der Waals surface area contributed by atoms with Crippen LogP contribution in [0.3, 0.4) is 0 Å². The van der Waals surface area contributed by atoms with Crippen LogP contribution in [0.1, 0.15) is 44.6 Å². The van der Waals surface area contributed by atoms with Gasteiger partial charge < -0.3 is 10.1 Å². The third kappa shape index (κ3) is 6.45. The maximum atomic E-state index is 12.8. The second-order valence-electron chi connectivity index (χ2n) is 7.64. The Bertz CT molecular complexity index is 1180. The number of guanidine groups is 1. The lowest BCUT2D eigenvalue weighted by Gasteiger charge is -2.13. The highest BCUT2D eigenvalue weighted by molar-refractivity contribution is 6.30. The molecule has 0 aliphatic carbocycles. The number of hydrogen-bond acceptors (Lipinski definition) is 5. The molecule has 2 aromatic carbocycles. The van der Waals surface area contributed by atoms with Gasteiger partial charge in [-0.15, -0.1) is 0 Å². The Morgan fingerprint density at radius 1 is 1.06 bits per heavy atom. The van der Waals surface area contributed by atoms with E-state index in [2.05, 4.69) is 20.7 Å². The monoisotopic (exact) mass is 481 g/mol. The average Bonchev–Trinajstić information content (AvgIpc) is 3.05. The van der Waals surface area contributed by atoms with Gasteiger partial charge in [-0.3, -0.25) is 19.8 Å². The van der Waals surface area contributed by atoms with Gasteiger partial charge in [-0.25, -0.2) is 4.79 Å². The molecule has 34 heavy (non-hydrogen) atoms. The molecule has 0 atom stereocenters. The summed E-state index contributed by atoms with van der Waals surface area (Å²) >= 11 is 5.93. The van der Waals surface area contributed by atoms with E-state index in [0.717, 1.165) is 17.0 Å². The highest BCUT2D eigenvalue weighted by Crippen LogP contribution is 2.14. The molecule has 3 rings (SSSR count). The number of carbonyl (C=O) groups is 2. The van der Waals surface area contributed by atoms with E-state index in [1.165, 1.54) is 0 Å². The minimum atomic E-state index is -0.388. The summed E-state index contributed by atoms with van der Waals surface area (Å²) in [5.74, 6) is -0.413. The van der Waals surface area contributed by atoms with Crippen LogP contribution >= 0.6 is 11.6 Å². The lowest BCUT2D eigenvalue weighted by atomic mass is 10.1. The lowest BCUT2D eigenvalue weighted by Crippen LogP contribution is -2.36. The molecule has 0 bridgehead atoms. The normalized spacial score (nSPS) is 11.3. The number of ether oxygens (including phenoxy) is 1. The van der Waals surface area contributed by atoms with Crippen molar-refractivity contribution in [1.29, 1.82) is 0 Å². The number of aromatic nitrogens is 2. The van der Waals surface area contributed by atoms with Crippen LogP contribution in [-0.4, -0.2) is 40.8 Å². The average molecular weight is 482 g/mol. The minimum Gasteiger partial charge on any atom is -0.462 e. The third-order valence-corrected chi connectivity index (χ3v) is 5.54. The standard InChI is InChI=1S/C25H28ClN5O3/c1-5-34-24(33)19-8-12-21(13-9-19)28-25(29-23(32)18-6-10-20(26)11-7-18)27-15-14-22-16(2)30-31(4)17(22)3/h6-13H,5,14-15H2,1-4H3,(H2,27,28,29,32). The SMILES string of the molecule is CCOC(=O)c1ccc(NC(=NCCc2c(C)nn(C)c2C)NC(=O)c2ccc(Cl)cc2)cc1. The predicted molar refractivity (Wildman–Crippen MR) is 134 cm³/mol. The molecule has 0 radical (unpaired) electrons. The Morgan fingerprint density at radius 3 is 2.29 bits per heavy atom. The first-order valence-electron chi connectivity index (χ1n) is 10.9. The summed E-state index contributed by atoms with van der Waals surface area (Å²) in [6.45, 7) is 6.50.